The van der Waals surface area contributed by atoms with Crippen molar-refractivity contribution in [3.05, 3.63) is 66.0 Å². The van der Waals surface area contributed by atoms with Crippen LogP contribution in [-0.2, 0) is 22.6 Å². The molecule has 0 bridgehead atoms. The van der Waals surface area contributed by atoms with Crippen molar-refractivity contribution in [1.82, 2.24) is 15.2 Å². The van der Waals surface area contributed by atoms with Crippen LogP contribution >= 0.6 is 0 Å². The first-order chi connectivity index (χ1) is 10.7. The van der Waals surface area contributed by atoms with Gasteiger partial charge in [-0.15, -0.1) is 0 Å². The summed E-state index contributed by atoms with van der Waals surface area (Å²) in [5.74, 6) is -0.189. The van der Waals surface area contributed by atoms with Crippen molar-refractivity contribution in [2.45, 2.75) is 19.0 Å². The SMILES string of the molecule is O=C1CN(Cc2ccccc2)C(=O)[C@@H](Cc2ccccn2)N1. The smallest absolute Gasteiger partial charge is 0.246 e. The number of nitrogens with one attached hydrogen (secondary N) is 1. The van der Waals surface area contributed by atoms with Gasteiger partial charge in [-0.3, -0.25) is 14.6 Å². The molecule has 1 saturated heterocycles. The molecule has 0 unspecified atom stereocenters. The summed E-state index contributed by atoms with van der Waals surface area (Å²) in [5, 5.41) is 2.76. The average Bonchev–Trinajstić information content (AvgIpc) is 2.54. The highest BCUT2D eigenvalue weighted by Crippen LogP contribution is 2.12. The quantitative estimate of drug-likeness (QED) is 0.920. The van der Waals surface area contributed by atoms with Crippen LogP contribution in [0.2, 0.25) is 0 Å². The maximum atomic E-state index is 12.6. The van der Waals surface area contributed by atoms with Gasteiger partial charge in [0.15, 0.2) is 0 Å². The molecule has 1 aromatic carbocycles. The van der Waals surface area contributed by atoms with E-state index in [4.69, 9.17) is 0 Å². The summed E-state index contributed by atoms with van der Waals surface area (Å²) in [6, 6.07) is 14.7. The van der Waals surface area contributed by atoms with Crippen molar-refractivity contribution >= 4 is 11.8 Å². The number of piperazine rings is 1. The number of carbonyl (C=O) groups is 2. The summed E-state index contributed by atoms with van der Waals surface area (Å²) in [6.07, 6.45) is 2.10. The molecule has 2 heterocycles. The molecule has 0 spiro atoms. The Bertz CT molecular complexity index is 603. The normalized spacial score (nSPS) is 18.2. The van der Waals surface area contributed by atoms with Gasteiger partial charge in [0.25, 0.3) is 0 Å². The fraction of sp³-hybridized carbons (Fsp3) is 0.235. The van der Waals surface area contributed by atoms with Gasteiger partial charge in [-0.2, -0.15) is 0 Å². The Morgan fingerprint density at radius 2 is 1.86 bits per heavy atom. The summed E-state index contributed by atoms with van der Waals surface area (Å²) in [6.45, 7) is 0.554. The predicted octanol–water partition coefficient (Wildman–Crippen LogP) is 1.15. The zero-order valence-electron chi connectivity index (χ0n) is 12.1. The van der Waals surface area contributed by atoms with Crippen LogP contribution in [-0.4, -0.2) is 34.3 Å². The number of hydrogen-bond acceptors (Lipinski definition) is 3. The molecule has 1 N–H and O–H groups in total. The monoisotopic (exact) mass is 295 g/mol. The highest BCUT2D eigenvalue weighted by molar-refractivity contribution is 5.94. The summed E-state index contributed by atoms with van der Waals surface area (Å²) in [5.41, 5.74) is 1.81. The number of amides is 2. The summed E-state index contributed by atoms with van der Waals surface area (Å²) in [7, 11) is 0. The van der Waals surface area contributed by atoms with Gasteiger partial charge < -0.3 is 10.2 Å². The van der Waals surface area contributed by atoms with Gasteiger partial charge in [-0.25, -0.2) is 0 Å². The Kier molecular flexibility index (Phi) is 4.14. The minimum absolute atomic E-state index is 0.0610. The molecular formula is C17H17N3O2. The van der Waals surface area contributed by atoms with Crippen molar-refractivity contribution in [2.75, 3.05) is 6.54 Å². The molecule has 1 atom stereocenters. The van der Waals surface area contributed by atoms with Gasteiger partial charge in [-0.1, -0.05) is 36.4 Å². The van der Waals surface area contributed by atoms with Gasteiger partial charge in [0, 0.05) is 24.9 Å². The summed E-state index contributed by atoms with van der Waals surface area (Å²) in [4.78, 5) is 30.3. The maximum absolute atomic E-state index is 12.6. The molecule has 0 saturated carbocycles. The van der Waals surface area contributed by atoms with Crippen molar-refractivity contribution in [1.29, 1.82) is 0 Å². The van der Waals surface area contributed by atoms with E-state index in [1.807, 2.05) is 48.5 Å². The maximum Gasteiger partial charge on any atom is 0.246 e. The lowest BCUT2D eigenvalue weighted by Gasteiger charge is -2.32. The van der Waals surface area contributed by atoms with E-state index < -0.39 is 6.04 Å². The molecule has 5 heteroatoms. The molecule has 2 aromatic rings. The van der Waals surface area contributed by atoms with E-state index in [0.717, 1.165) is 11.3 Å². The third kappa shape index (κ3) is 3.31. The van der Waals surface area contributed by atoms with Crippen molar-refractivity contribution < 1.29 is 9.59 Å². The van der Waals surface area contributed by atoms with E-state index in [2.05, 4.69) is 10.3 Å². The lowest BCUT2D eigenvalue weighted by Crippen LogP contribution is -2.58. The number of benzene rings is 1. The topological polar surface area (TPSA) is 62.3 Å². The third-order valence-corrected chi connectivity index (χ3v) is 3.64. The van der Waals surface area contributed by atoms with Crippen LogP contribution in [0.5, 0.6) is 0 Å². The van der Waals surface area contributed by atoms with E-state index in [1.54, 1.807) is 11.1 Å². The molecular weight excluding hydrogens is 278 g/mol. The lowest BCUT2D eigenvalue weighted by atomic mass is 10.1. The number of rotatable bonds is 4. The fourth-order valence-corrected chi connectivity index (χ4v) is 2.58. The molecule has 1 aliphatic rings. The molecule has 5 nitrogen and oxygen atoms in total. The van der Waals surface area contributed by atoms with Crippen LogP contribution in [0.15, 0.2) is 54.7 Å². The second-order valence-electron chi connectivity index (χ2n) is 5.33. The average molecular weight is 295 g/mol. The highest BCUT2D eigenvalue weighted by Gasteiger charge is 2.32. The minimum atomic E-state index is -0.542. The minimum Gasteiger partial charge on any atom is -0.342 e. The molecule has 2 amide bonds. The van der Waals surface area contributed by atoms with Gasteiger partial charge >= 0.3 is 0 Å². The number of carbonyl (C=O) groups excluding carboxylic acids is 2. The lowest BCUT2D eigenvalue weighted by molar-refractivity contribution is -0.144. The highest BCUT2D eigenvalue weighted by atomic mass is 16.2. The van der Waals surface area contributed by atoms with Crippen LogP contribution in [0.25, 0.3) is 0 Å². The second-order valence-corrected chi connectivity index (χ2v) is 5.33. The number of pyridine rings is 1. The van der Waals surface area contributed by atoms with Crippen LogP contribution in [0.3, 0.4) is 0 Å². The summed E-state index contributed by atoms with van der Waals surface area (Å²) >= 11 is 0. The first kappa shape index (κ1) is 14.3. The van der Waals surface area contributed by atoms with Crippen LogP contribution in [0, 0.1) is 0 Å². The Morgan fingerprint density at radius 3 is 2.59 bits per heavy atom. The molecule has 0 aliphatic carbocycles. The van der Waals surface area contributed by atoms with E-state index in [-0.39, 0.29) is 18.4 Å². The zero-order valence-corrected chi connectivity index (χ0v) is 12.1. The third-order valence-electron chi connectivity index (χ3n) is 3.64. The molecule has 3 rings (SSSR count). The van der Waals surface area contributed by atoms with E-state index >= 15 is 0 Å². The van der Waals surface area contributed by atoms with E-state index in [1.165, 1.54) is 0 Å². The number of nitrogens with zero attached hydrogens (tertiary/aromatic N) is 2. The fourth-order valence-electron chi connectivity index (χ4n) is 2.58. The second kappa shape index (κ2) is 6.39. The summed E-state index contributed by atoms with van der Waals surface area (Å²) < 4.78 is 0. The molecule has 0 radical (unpaired) electrons. The Morgan fingerprint density at radius 1 is 1.09 bits per heavy atom. The van der Waals surface area contributed by atoms with Gasteiger partial charge in [0.05, 0.1) is 6.54 Å². The first-order valence-corrected chi connectivity index (χ1v) is 7.24. The molecule has 112 valence electrons. The first-order valence-electron chi connectivity index (χ1n) is 7.24. The Balaban J connectivity index is 1.72. The molecule has 1 fully saturated rings. The van der Waals surface area contributed by atoms with Gasteiger partial charge in [0.1, 0.15) is 6.04 Å². The Hall–Kier alpha value is -2.69. The van der Waals surface area contributed by atoms with Crippen molar-refractivity contribution in [2.24, 2.45) is 0 Å². The molecule has 22 heavy (non-hydrogen) atoms. The van der Waals surface area contributed by atoms with Crippen LogP contribution < -0.4 is 5.32 Å². The van der Waals surface area contributed by atoms with Gasteiger partial charge in [0.2, 0.25) is 11.8 Å². The largest absolute Gasteiger partial charge is 0.342 e. The van der Waals surface area contributed by atoms with Gasteiger partial charge in [-0.05, 0) is 17.7 Å². The van der Waals surface area contributed by atoms with Crippen molar-refractivity contribution in [3.63, 3.8) is 0 Å². The number of aromatic nitrogens is 1. The predicted molar refractivity (Wildman–Crippen MR) is 81.7 cm³/mol. The van der Waals surface area contributed by atoms with Crippen molar-refractivity contribution in [3.8, 4) is 0 Å². The Labute approximate surface area is 129 Å². The number of hydrogen-bond donors (Lipinski definition) is 1. The van der Waals surface area contributed by atoms with Crippen LogP contribution in [0.1, 0.15) is 11.3 Å². The standard InChI is InChI=1S/C17H17N3O2/c21-16-12-20(11-13-6-2-1-3-7-13)17(22)15(19-16)10-14-8-4-5-9-18-14/h1-9,15H,10-12H2,(H,19,21)/t15-/m1/s1. The zero-order chi connectivity index (χ0) is 15.4. The molecule has 1 aliphatic heterocycles. The molecule has 1 aromatic heterocycles. The van der Waals surface area contributed by atoms with E-state index in [9.17, 15) is 9.59 Å². The van der Waals surface area contributed by atoms with Crippen LogP contribution in [0.4, 0.5) is 0 Å². The van der Waals surface area contributed by atoms with E-state index in [0.29, 0.717) is 13.0 Å².